The molecule has 0 fully saturated rings. The molecular formula is C14H17N3O2. The van der Waals surface area contributed by atoms with Crippen LogP contribution in [0.25, 0.3) is 0 Å². The fourth-order valence-corrected chi connectivity index (χ4v) is 1.93. The third kappa shape index (κ3) is 4.13. The summed E-state index contributed by atoms with van der Waals surface area (Å²) in [5.41, 5.74) is 0.798. The average Bonchev–Trinajstić information content (AvgIpc) is 2.81. The van der Waals surface area contributed by atoms with Gasteiger partial charge in [-0.1, -0.05) is 12.1 Å². The monoisotopic (exact) mass is 259 g/mol. The molecule has 1 atom stereocenters. The molecule has 0 spiro atoms. The van der Waals surface area contributed by atoms with Gasteiger partial charge in [0.1, 0.15) is 5.75 Å². The molecule has 1 heterocycles. The summed E-state index contributed by atoms with van der Waals surface area (Å²) in [6, 6.07) is 6.76. The molecule has 0 bridgehead atoms. The molecule has 1 amide bonds. The number of hydrogen-bond acceptors (Lipinski definition) is 3. The van der Waals surface area contributed by atoms with Crippen molar-refractivity contribution < 1.29 is 9.90 Å². The number of hydrogen-bond donors (Lipinski definition) is 2. The van der Waals surface area contributed by atoms with Crippen molar-refractivity contribution in [3.05, 3.63) is 48.5 Å². The number of phenolic OH excluding ortho intramolecular Hbond substituents is 1. The van der Waals surface area contributed by atoms with E-state index in [1.165, 1.54) is 0 Å². The molecule has 2 rings (SSSR count). The molecular weight excluding hydrogens is 242 g/mol. The van der Waals surface area contributed by atoms with Crippen LogP contribution >= 0.6 is 0 Å². The van der Waals surface area contributed by atoms with Crippen LogP contribution in [0.1, 0.15) is 12.5 Å². The average molecular weight is 259 g/mol. The molecule has 1 unspecified atom stereocenters. The van der Waals surface area contributed by atoms with E-state index in [-0.39, 0.29) is 24.1 Å². The number of nitrogens with one attached hydrogen (secondary N) is 1. The standard InChI is InChI=1S/C14H17N3O2/c1-11(9-17-6-5-15-10-17)16-14(19)8-12-3-2-4-13(18)7-12/h2-7,10-11,18H,8-9H2,1H3,(H,16,19). The third-order valence-electron chi connectivity index (χ3n) is 2.73. The van der Waals surface area contributed by atoms with Crippen LogP contribution in [0.5, 0.6) is 5.75 Å². The quantitative estimate of drug-likeness (QED) is 0.851. The predicted molar refractivity (Wildman–Crippen MR) is 71.6 cm³/mol. The van der Waals surface area contributed by atoms with Crippen molar-refractivity contribution in [2.75, 3.05) is 0 Å². The van der Waals surface area contributed by atoms with E-state index in [4.69, 9.17) is 0 Å². The largest absolute Gasteiger partial charge is 0.508 e. The highest BCUT2D eigenvalue weighted by Crippen LogP contribution is 2.11. The number of carbonyl (C=O) groups excluding carboxylic acids is 1. The van der Waals surface area contributed by atoms with Gasteiger partial charge in [0, 0.05) is 25.0 Å². The van der Waals surface area contributed by atoms with Crippen LogP contribution in [0.3, 0.4) is 0 Å². The number of carbonyl (C=O) groups is 1. The van der Waals surface area contributed by atoms with E-state index in [1.54, 1.807) is 30.7 Å². The van der Waals surface area contributed by atoms with Gasteiger partial charge in [0.25, 0.3) is 0 Å². The van der Waals surface area contributed by atoms with E-state index in [1.807, 2.05) is 23.8 Å². The van der Waals surface area contributed by atoms with E-state index in [0.29, 0.717) is 6.54 Å². The van der Waals surface area contributed by atoms with Crippen LogP contribution in [-0.2, 0) is 17.8 Å². The number of phenols is 1. The first kappa shape index (κ1) is 13.1. The van der Waals surface area contributed by atoms with Crippen LogP contribution < -0.4 is 5.32 Å². The van der Waals surface area contributed by atoms with Crippen molar-refractivity contribution in [1.29, 1.82) is 0 Å². The Bertz CT molecular complexity index is 537. The van der Waals surface area contributed by atoms with Gasteiger partial charge in [-0.05, 0) is 24.6 Å². The number of aromatic hydroxyl groups is 1. The van der Waals surface area contributed by atoms with E-state index in [9.17, 15) is 9.90 Å². The van der Waals surface area contributed by atoms with E-state index >= 15 is 0 Å². The van der Waals surface area contributed by atoms with Crippen molar-refractivity contribution in [2.24, 2.45) is 0 Å². The highest BCUT2D eigenvalue weighted by Gasteiger charge is 2.08. The summed E-state index contributed by atoms with van der Waals surface area (Å²) in [4.78, 5) is 15.8. The smallest absolute Gasteiger partial charge is 0.224 e. The minimum absolute atomic E-state index is 0.0269. The van der Waals surface area contributed by atoms with Crippen LogP contribution in [0.2, 0.25) is 0 Å². The Balaban J connectivity index is 1.84. The van der Waals surface area contributed by atoms with Crippen LogP contribution in [0.15, 0.2) is 43.0 Å². The molecule has 1 aromatic heterocycles. The molecule has 1 aromatic carbocycles. The number of aromatic nitrogens is 2. The Morgan fingerprint density at radius 1 is 1.53 bits per heavy atom. The minimum atomic E-state index is -0.0572. The molecule has 0 aliphatic heterocycles. The summed E-state index contributed by atoms with van der Waals surface area (Å²) in [5, 5.41) is 12.3. The molecule has 2 N–H and O–H groups in total. The van der Waals surface area contributed by atoms with Gasteiger partial charge in [-0.3, -0.25) is 4.79 Å². The molecule has 5 heteroatoms. The Hall–Kier alpha value is -2.30. The molecule has 5 nitrogen and oxygen atoms in total. The molecule has 0 aliphatic rings. The van der Waals surface area contributed by atoms with Gasteiger partial charge >= 0.3 is 0 Å². The van der Waals surface area contributed by atoms with Gasteiger partial charge < -0.3 is 15.0 Å². The number of amides is 1. The van der Waals surface area contributed by atoms with Crippen molar-refractivity contribution in [3.8, 4) is 5.75 Å². The maximum Gasteiger partial charge on any atom is 0.224 e. The van der Waals surface area contributed by atoms with Gasteiger partial charge in [-0.15, -0.1) is 0 Å². The first-order valence-electron chi connectivity index (χ1n) is 6.16. The Kier molecular flexibility index (Phi) is 4.18. The summed E-state index contributed by atoms with van der Waals surface area (Å²) in [7, 11) is 0. The second kappa shape index (κ2) is 6.04. The Morgan fingerprint density at radius 3 is 3.05 bits per heavy atom. The zero-order valence-corrected chi connectivity index (χ0v) is 10.8. The molecule has 0 saturated carbocycles. The molecule has 0 radical (unpaired) electrons. The highest BCUT2D eigenvalue weighted by molar-refractivity contribution is 5.78. The zero-order valence-electron chi connectivity index (χ0n) is 10.8. The minimum Gasteiger partial charge on any atom is -0.508 e. The number of benzene rings is 1. The number of nitrogens with zero attached hydrogens (tertiary/aromatic N) is 2. The summed E-state index contributed by atoms with van der Waals surface area (Å²) in [6.45, 7) is 2.63. The molecule has 2 aromatic rings. The maximum absolute atomic E-state index is 11.8. The summed E-state index contributed by atoms with van der Waals surface area (Å²) in [5.74, 6) is 0.120. The molecule has 19 heavy (non-hydrogen) atoms. The van der Waals surface area contributed by atoms with Crippen LogP contribution in [-0.4, -0.2) is 26.6 Å². The van der Waals surface area contributed by atoms with Crippen molar-refractivity contribution >= 4 is 5.91 Å². The van der Waals surface area contributed by atoms with Crippen LogP contribution in [0.4, 0.5) is 0 Å². The maximum atomic E-state index is 11.8. The molecule has 100 valence electrons. The van der Waals surface area contributed by atoms with E-state index in [2.05, 4.69) is 10.3 Å². The SMILES string of the molecule is CC(Cn1ccnc1)NC(=O)Cc1cccc(O)c1. The predicted octanol–water partition coefficient (Wildman–Crippen LogP) is 1.34. The van der Waals surface area contributed by atoms with Gasteiger partial charge in [-0.2, -0.15) is 0 Å². The fourth-order valence-electron chi connectivity index (χ4n) is 1.93. The zero-order chi connectivity index (χ0) is 13.7. The molecule has 0 saturated heterocycles. The lowest BCUT2D eigenvalue weighted by molar-refractivity contribution is -0.121. The van der Waals surface area contributed by atoms with Gasteiger partial charge in [0.15, 0.2) is 0 Å². The summed E-state index contributed by atoms with van der Waals surface area (Å²) < 4.78 is 1.92. The highest BCUT2D eigenvalue weighted by atomic mass is 16.3. The Morgan fingerprint density at radius 2 is 2.37 bits per heavy atom. The van der Waals surface area contributed by atoms with Gasteiger partial charge in [-0.25, -0.2) is 4.98 Å². The first-order chi connectivity index (χ1) is 9.13. The second-order valence-corrected chi connectivity index (χ2v) is 4.57. The lowest BCUT2D eigenvalue weighted by atomic mass is 10.1. The van der Waals surface area contributed by atoms with Crippen molar-refractivity contribution in [3.63, 3.8) is 0 Å². The first-order valence-corrected chi connectivity index (χ1v) is 6.16. The number of rotatable bonds is 5. The second-order valence-electron chi connectivity index (χ2n) is 4.57. The normalized spacial score (nSPS) is 12.1. The third-order valence-corrected chi connectivity index (χ3v) is 2.73. The van der Waals surface area contributed by atoms with E-state index in [0.717, 1.165) is 5.56 Å². The lowest BCUT2D eigenvalue weighted by Gasteiger charge is -2.14. The lowest BCUT2D eigenvalue weighted by Crippen LogP contribution is -2.36. The van der Waals surface area contributed by atoms with Crippen molar-refractivity contribution in [1.82, 2.24) is 14.9 Å². The van der Waals surface area contributed by atoms with Gasteiger partial charge in [0.05, 0.1) is 12.7 Å². The summed E-state index contributed by atoms with van der Waals surface area (Å²) in [6.07, 6.45) is 5.56. The van der Waals surface area contributed by atoms with Crippen molar-refractivity contribution in [2.45, 2.75) is 25.9 Å². The molecule has 0 aliphatic carbocycles. The number of imidazole rings is 1. The fraction of sp³-hybridized carbons (Fsp3) is 0.286. The van der Waals surface area contributed by atoms with Crippen LogP contribution in [0, 0.1) is 0 Å². The Labute approximate surface area is 111 Å². The van der Waals surface area contributed by atoms with Gasteiger partial charge in [0.2, 0.25) is 5.91 Å². The van der Waals surface area contributed by atoms with E-state index < -0.39 is 0 Å². The topological polar surface area (TPSA) is 67.2 Å². The summed E-state index contributed by atoms with van der Waals surface area (Å²) >= 11 is 0.